The highest BCUT2D eigenvalue weighted by Crippen LogP contribution is 2.21. The van der Waals surface area contributed by atoms with Crippen LogP contribution in [0, 0.1) is 16.7 Å². The van der Waals surface area contributed by atoms with Gasteiger partial charge in [-0.25, -0.2) is 0 Å². The molecule has 0 unspecified atom stereocenters. The van der Waals surface area contributed by atoms with E-state index in [-0.39, 0.29) is 5.41 Å². The maximum absolute atomic E-state index is 11.0. The normalized spacial score (nSPS) is 18.2. The van der Waals surface area contributed by atoms with Gasteiger partial charge < -0.3 is 9.31 Å². The summed E-state index contributed by atoms with van der Waals surface area (Å²) in [5.41, 5.74) is 1.59. The summed E-state index contributed by atoms with van der Waals surface area (Å²) in [6, 6.07) is 6.92. The second-order valence-corrected chi connectivity index (χ2v) is 5.19. The maximum Gasteiger partial charge on any atom is 0.494 e. The van der Waals surface area contributed by atoms with Gasteiger partial charge in [0.25, 0.3) is 0 Å². The van der Waals surface area contributed by atoms with Crippen molar-refractivity contribution in [3.8, 4) is 6.07 Å². The predicted octanol–water partition coefficient (Wildman–Crippen LogP) is 1.14. The van der Waals surface area contributed by atoms with Crippen molar-refractivity contribution in [2.75, 3.05) is 13.2 Å². The van der Waals surface area contributed by atoms with Gasteiger partial charge in [-0.2, -0.15) is 5.26 Å². The number of hydrogen-bond acceptors (Lipinski definition) is 4. The minimum atomic E-state index is -0.563. The number of nitriles is 1. The average Bonchev–Trinajstić information content (AvgIpc) is 2.38. The first-order valence-corrected chi connectivity index (χ1v) is 5.78. The van der Waals surface area contributed by atoms with Gasteiger partial charge >= 0.3 is 7.12 Å². The fourth-order valence-electron chi connectivity index (χ4n) is 1.83. The number of aldehydes is 1. The van der Waals surface area contributed by atoms with E-state index < -0.39 is 7.12 Å². The van der Waals surface area contributed by atoms with Gasteiger partial charge in [0.05, 0.1) is 11.6 Å². The molecule has 1 heterocycles. The molecule has 0 spiro atoms. The fraction of sp³-hybridized carbons (Fsp3) is 0.385. The van der Waals surface area contributed by atoms with Crippen LogP contribution in [0.3, 0.4) is 0 Å². The Bertz CT molecular complexity index is 497. The number of nitrogens with zero attached hydrogens (tertiary/aromatic N) is 1. The molecule has 4 nitrogen and oxygen atoms in total. The smallest absolute Gasteiger partial charge is 0.407 e. The zero-order valence-corrected chi connectivity index (χ0v) is 10.5. The Balaban J connectivity index is 2.28. The standard InChI is InChI=1S/C13H14BNO3/c1-13(2)8-17-14(18-9-13)12-5-10(6-15)3-4-11(12)7-16/h3-5,7H,8-9H2,1-2H3. The second kappa shape index (κ2) is 4.93. The zero-order valence-electron chi connectivity index (χ0n) is 10.5. The molecule has 5 heteroatoms. The molecule has 1 aromatic carbocycles. The molecule has 0 aliphatic carbocycles. The third-order valence-electron chi connectivity index (χ3n) is 2.85. The molecule has 0 amide bonds. The summed E-state index contributed by atoms with van der Waals surface area (Å²) >= 11 is 0. The molecule has 1 aliphatic heterocycles. The molecule has 1 aromatic rings. The van der Waals surface area contributed by atoms with Crippen LogP contribution in [0.2, 0.25) is 0 Å². The average molecular weight is 243 g/mol. The Morgan fingerprint density at radius 1 is 1.39 bits per heavy atom. The van der Waals surface area contributed by atoms with Gasteiger partial charge in [0.1, 0.15) is 6.29 Å². The van der Waals surface area contributed by atoms with E-state index in [0.717, 1.165) is 6.29 Å². The van der Waals surface area contributed by atoms with Gasteiger partial charge in [-0.3, -0.25) is 4.79 Å². The molecule has 0 atom stereocenters. The van der Waals surface area contributed by atoms with Crippen molar-refractivity contribution >= 4 is 18.9 Å². The Hall–Kier alpha value is -1.64. The van der Waals surface area contributed by atoms with Crippen LogP contribution in [0.5, 0.6) is 0 Å². The Kier molecular flexibility index (Phi) is 3.51. The minimum absolute atomic E-state index is 0.0231. The molecular weight excluding hydrogens is 229 g/mol. The summed E-state index contributed by atoms with van der Waals surface area (Å²) in [5, 5.41) is 8.89. The lowest BCUT2D eigenvalue weighted by molar-refractivity contribution is 0.0342. The molecule has 1 saturated heterocycles. The SMILES string of the molecule is CC1(C)COB(c2cc(C#N)ccc2C=O)OC1. The summed E-state index contributed by atoms with van der Waals surface area (Å²) in [5.74, 6) is 0. The van der Waals surface area contributed by atoms with Gasteiger partial charge in [-0.15, -0.1) is 0 Å². The lowest BCUT2D eigenvalue weighted by atomic mass is 9.73. The van der Waals surface area contributed by atoms with Crippen LogP contribution < -0.4 is 5.46 Å². The summed E-state index contributed by atoms with van der Waals surface area (Å²) in [6.45, 7) is 5.23. The molecule has 1 fully saturated rings. The van der Waals surface area contributed by atoms with Crippen molar-refractivity contribution in [3.05, 3.63) is 29.3 Å². The van der Waals surface area contributed by atoms with Gasteiger partial charge in [-0.1, -0.05) is 19.9 Å². The van der Waals surface area contributed by atoms with Gasteiger partial charge in [0.15, 0.2) is 0 Å². The van der Waals surface area contributed by atoms with E-state index >= 15 is 0 Å². The van der Waals surface area contributed by atoms with Gasteiger partial charge in [0.2, 0.25) is 0 Å². The zero-order chi connectivity index (χ0) is 13.2. The number of benzene rings is 1. The van der Waals surface area contributed by atoms with Gasteiger partial charge in [0, 0.05) is 24.2 Å². The maximum atomic E-state index is 11.0. The lowest BCUT2D eigenvalue weighted by Crippen LogP contribution is -2.48. The van der Waals surface area contributed by atoms with E-state index in [4.69, 9.17) is 14.6 Å². The Labute approximate surface area is 107 Å². The first-order chi connectivity index (χ1) is 8.55. The summed E-state index contributed by atoms with van der Waals surface area (Å²) in [6.07, 6.45) is 0.753. The van der Waals surface area contributed by atoms with Crippen molar-refractivity contribution in [1.29, 1.82) is 5.26 Å². The van der Waals surface area contributed by atoms with Crippen molar-refractivity contribution in [3.63, 3.8) is 0 Å². The topological polar surface area (TPSA) is 59.3 Å². The van der Waals surface area contributed by atoms with Crippen LogP contribution in [0.25, 0.3) is 0 Å². The molecule has 18 heavy (non-hydrogen) atoms. The van der Waals surface area contributed by atoms with Crippen molar-refractivity contribution < 1.29 is 14.1 Å². The molecule has 0 radical (unpaired) electrons. The first-order valence-electron chi connectivity index (χ1n) is 5.78. The van der Waals surface area contributed by atoms with Crippen LogP contribution in [0.15, 0.2) is 18.2 Å². The quantitative estimate of drug-likeness (QED) is 0.577. The van der Waals surface area contributed by atoms with Crippen LogP contribution in [-0.4, -0.2) is 26.6 Å². The molecule has 2 rings (SSSR count). The molecule has 0 bridgehead atoms. The summed E-state index contributed by atoms with van der Waals surface area (Å²) in [4.78, 5) is 11.0. The van der Waals surface area contributed by atoms with E-state index in [2.05, 4.69) is 13.8 Å². The molecule has 1 aliphatic rings. The highest BCUT2D eigenvalue weighted by Gasteiger charge is 2.34. The van der Waals surface area contributed by atoms with E-state index in [1.807, 2.05) is 6.07 Å². The molecule has 0 saturated carbocycles. The number of carbonyl (C=O) groups is 1. The highest BCUT2D eigenvalue weighted by atomic mass is 16.6. The Morgan fingerprint density at radius 3 is 2.61 bits per heavy atom. The predicted molar refractivity (Wildman–Crippen MR) is 67.6 cm³/mol. The number of rotatable bonds is 2. The van der Waals surface area contributed by atoms with Crippen molar-refractivity contribution in [1.82, 2.24) is 0 Å². The third-order valence-corrected chi connectivity index (χ3v) is 2.85. The molecule has 0 aromatic heterocycles. The monoisotopic (exact) mass is 243 g/mol. The highest BCUT2D eigenvalue weighted by molar-refractivity contribution is 6.62. The van der Waals surface area contributed by atoms with Crippen LogP contribution in [0.4, 0.5) is 0 Å². The van der Waals surface area contributed by atoms with E-state index in [0.29, 0.717) is 29.8 Å². The number of carbonyl (C=O) groups excluding carboxylic acids is 1. The van der Waals surface area contributed by atoms with E-state index in [9.17, 15) is 4.79 Å². The van der Waals surface area contributed by atoms with Crippen LogP contribution in [-0.2, 0) is 9.31 Å². The van der Waals surface area contributed by atoms with Crippen LogP contribution in [0.1, 0.15) is 29.8 Å². The largest absolute Gasteiger partial charge is 0.494 e. The summed E-state index contributed by atoms with van der Waals surface area (Å²) in [7, 11) is -0.563. The van der Waals surface area contributed by atoms with E-state index in [1.54, 1.807) is 18.2 Å². The fourth-order valence-corrected chi connectivity index (χ4v) is 1.83. The number of hydrogen-bond donors (Lipinski definition) is 0. The molecule has 0 N–H and O–H groups in total. The summed E-state index contributed by atoms with van der Waals surface area (Å²) < 4.78 is 11.3. The lowest BCUT2D eigenvalue weighted by Gasteiger charge is -2.33. The second-order valence-electron chi connectivity index (χ2n) is 5.19. The van der Waals surface area contributed by atoms with E-state index in [1.165, 1.54) is 0 Å². The Morgan fingerprint density at radius 2 is 2.06 bits per heavy atom. The molecule has 92 valence electrons. The van der Waals surface area contributed by atoms with Gasteiger partial charge in [-0.05, 0) is 17.6 Å². The van der Waals surface area contributed by atoms with Crippen molar-refractivity contribution in [2.24, 2.45) is 5.41 Å². The third kappa shape index (κ3) is 2.61. The minimum Gasteiger partial charge on any atom is -0.407 e. The van der Waals surface area contributed by atoms with Crippen molar-refractivity contribution in [2.45, 2.75) is 13.8 Å². The first kappa shape index (κ1) is 12.8. The molecular formula is C13H14BNO3. The van der Waals surface area contributed by atoms with Crippen LogP contribution >= 0.6 is 0 Å².